The summed E-state index contributed by atoms with van der Waals surface area (Å²) in [4.78, 5) is 25.1. The van der Waals surface area contributed by atoms with Gasteiger partial charge in [0.15, 0.2) is 0 Å². The number of anilines is 2. The van der Waals surface area contributed by atoms with Gasteiger partial charge in [0.05, 0.1) is 6.54 Å². The number of benzene rings is 1. The van der Waals surface area contributed by atoms with Gasteiger partial charge in [-0.3, -0.25) is 4.90 Å². The molecule has 0 radical (unpaired) electrons. The van der Waals surface area contributed by atoms with Crippen LogP contribution >= 0.6 is 0 Å². The molecule has 1 aromatic rings. The Balaban J connectivity index is 1.58. The first-order valence-electron chi connectivity index (χ1n) is 7.57. The minimum Gasteiger partial charge on any atom is -0.447 e. The third kappa shape index (κ3) is 3.62. The topological polar surface area (TPSA) is 90.9 Å². The van der Waals surface area contributed by atoms with Crippen LogP contribution in [0.2, 0.25) is 0 Å². The van der Waals surface area contributed by atoms with E-state index in [1.54, 1.807) is 24.3 Å². The first-order chi connectivity index (χ1) is 11.2. The van der Waals surface area contributed by atoms with Crippen LogP contribution in [0.1, 0.15) is 6.42 Å². The van der Waals surface area contributed by atoms with Crippen LogP contribution in [0.5, 0.6) is 0 Å². The summed E-state index contributed by atoms with van der Waals surface area (Å²) in [6, 6.07) is 6.65. The number of rotatable bonds is 4. The van der Waals surface area contributed by atoms with Gasteiger partial charge in [-0.15, -0.1) is 0 Å². The third-order valence-electron chi connectivity index (χ3n) is 3.90. The van der Waals surface area contributed by atoms with Crippen LogP contribution in [0.3, 0.4) is 0 Å². The van der Waals surface area contributed by atoms with E-state index in [-0.39, 0.29) is 30.7 Å². The molecule has 1 heterocycles. The molecule has 0 saturated carbocycles. The average Bonchev–Trinajstić information content (AvgIpc) is 3.16. The van der Waals surface area contributed by atoms with Gasteiger partial charge in [0.2, 0.25) is 0 Å². The summed E-state index contributed by atoms with van der Waals surface area (Å²) in [5, 5.41) is 14.7. The number of nitrogens with zero attached hydrogens (tertiary/aromatic N) is 1. The highest BCUT2D eigenvalue weighted by atomic mass is 16.6. The number of amides is 3. The van der Waals surface area contributed by atoms with Crippen molar-refractivity contribution in [3.05, 3.63) is 36.4 Å². The number of cyclic esters (lactones) is 1. The third-order valence-corrected chi connectivity index (χ3v) is 3.90. The van der Waals surface area contributed by atoms with Crippen molar-refractivity contribution in [3.8, 4) is 0 Å². The lowest BCUT2D eigenvalue weighted by molar-refractivity contribution is 0.181. The molecule has 2 atom stereocenters. The van der Waals surface area contributed by atoms with Gasteiger partial charge in [-0.25, -0.2) is 9.59 Å². The van der Waals surface area contributed by atoms with Crippen LogP contribution in [0, 0.1) is 5.92 Å². The molecule has 0 aromatic heterocycles. The second-order valence-corrected chi connectivity index (χ2v) is 5.58. The van der Waals surface area contributed by atoms with E-state index < -0.39 is 0 Å². The Labute approximate surface area is 133 Å². The Hall–Kier alpha value is -2.54. The molecule has 2 aliphatic rings. The van der Waals surface area contributed by atoms with E-state index in [1.165, 1.54) is 4.90 Å². The zero-order valence-electron chi connectivity index (χ0n) is 12.6. The van der Waals surface area contributed by atoms with Crippen LogP contribution in [-0.4, -0.2) is 43.0 Å². The summed E-state index contributed by atoms with van der Waals surface area (Å²) in [6.45, 7) is 0.963. The molecule has 7 nitrogen and oxygen atoms in total. The Kier molecular flexibility index (Phi) is 4.47. The molecule has 122 valence electrons. The normalized spacial score (nSPS) is 23.0. The molecule has 1 aromatic carbocycles. The van der Waals surface area contributed by atoms with Crippen LogP contribution in [-0.2, 0) is 4.74 Å². The zero-order chi connectivity index (χ0) is 16.2. The van der Waals surface area contributed by atoms with Gasteiger partial charge in [-0.05, 0) is 24.6 Å². The number of carbonyl (C=O) groups is 2. The first kappa shape index (κ1) is 15.4. The summed E-state index contributed by atoms with van der Waals surface area (Å²) >= 11 is 0. The molecule has 23 heavy (non-hydrogen) atoms. The molecule has 1 aliphatic heterocycles. The zero-order valence-corrected chi connectivity index (χ0v) is 12.6. The maximum Gasteiger partial charge on any atom is 0.414 e. The second-order valence-electron chi connectivity index (χ2n) is 5.58. The summed E-state index contributed by atoms with van der Waals surface area (Å²) in [5.41, 5.74) is 1.28. The molecular formula is C16H19N3O4. The maximum atomic E-state index is 12.0. The first-order valence-corrected chi connectivity index (χ1v) is 7.57. The predicted octanol–water partition coefficient (Wildman–Crippen LogP) is 1.70. The number of hydrogen-bond acceptors (Lipinski definition) is 4. The fourth-order valence-electron chi connectivity index (χ4n) is 2.73. The molecule has 0 spiro atoms. The van der Waals surface area contributed by atoms with Gasteiger partial charge in [-0.1, -0.05) is 18.2 Å². The molecule has 1 aliphatic carbocycles. The highest BCUT2D eigenvalue weighted by Gasteiger charge is 2.24. The van der Waals surface area contributed by atoms with E-state index in [0.717, 1.165) is 0 Å². The van der Waals surface area contributed by atoms with Crippen molar-refractivity contribution in [1.82, 2.24) is 5.32 Å². The summed E-state index contributed by atoms with van der Waals surface area (Å²) in [6.07, 6.45) is 4.11. The fraction of sp³-hybridized carbons (Fsp3) is 0.375. The Morgan fingerprint density at radius 3 is 2.96 bits per heavy atom. The number of urea groups is 1. The largest absolute Gasteiger partial charge is 0.447 e. The average molecular weight is 317 g/mol. The Morgan fingerprint density at radius 2 is 2.26 bits per heavy atom. The van der Waals surface area contributed by atoms with E-state index >= 15 is 0 Å². The molecule has 1 saturated heterocycles. The lowest BCUT2D eigenvalue weighted by Crippen LogP contribution is -2.36. The SMILES string of the molecule is O=C(Nc1cccc(N2CCOC2=O)c1)N[C@@H]1C=C[C@H](CO)C1. The lowest BCUT2D eigenvalue weighted by Gasteiger charge is -2.16. The van der Waals surface area contributed by atoms with Crippen molar-refractivity contribution >= 4 is 23.5 Å². The molecular weight excluding hydrogens is 298 g/mol. The molecule has 3 rings (SSSR count). The maximum absolute atomic E-state index is 12.0. The number of carbonyl (C=O) groups excluding carboxylic acids is 2. The van der Waals surface area contributed by atoms with Crippen LogP contribution in [0.15, 0.2) is 36.4 Å². The lowest BCUT2D eigenvalue weighted by atomic mass is 10.1. The highest BCUT2D eigenvalue weighted by molar-refractivity contribution is 5.93. The smallest absolute Gasteiger partial charge is 0.414 e. The van der Waals surface area contributed by atoms with Gasteiger partial charge in [0.25, 0.3) is 0 Å². The standard InChI is InChI=1S/C16H19N3O4/c20-10-11-4-5-13(8-11)18-15(21)17-12-2-1-3-14(9-12)19-6-7-23-16(19)22/h1-5,9,11,13,20H,6-8,10H2,(H2,17,18,21)/t11-,13+/m0/s1. The molecule has 1 fully saturated rings. The van der Waals surface area contributed by atoms with E-state index in [2.05, 4.69) is 10.6 Å². The van der Waals surface area contributed by atoms with Crippen LogP contribution in [0.25, 0.3) is 0 Å². The van der Waals surface area contributed by atoms with Gasteiger partial charge in [0, 0.05) is 29.9 Å². The number of aliphatic hydroxyl groups is 1. The van der Waals surface area contributed by atoms with Crippen molar-refractivity contribution in [1.29, 1.82) is 0 Å². The fourth-order valence-corrected chi connectivity index (χ4v) is 2.73. The minimum atomic E-state index is -0.377. The van der Waals surface area contributed by atoms with Gasteiger partial charge in [-0.2, -0.15) is 0 Å². The molecule has 3 amide bonds. The Bertz CT molecular complexity index is 632. The molecule has 0 bridgehead atoms. The summed E-state index contributed by atoms with van der Waals surface area (Å²) in [5.74, 6) is 0.102. The van der Waals surface area contributed by atoms with Gasteiger partial charge in [0.1, 0.15) is 6.61 Å². The van der Waals surface area contributed by atoms with Gasteiger partial charge >= 0.3 is 12.1 Å². The number of hydrogen-bond donors (Lipinski definition) is 3. The van der Waals surface area contributed by atoms with Crippen LogP contribution < -0.4 is 15.5 Å². The van der Waals surface area contributed by atoms with Crippen molar-refractivity contribution in [2.24, 2.45) is 5.92 Å². The predicted molar refractivity (Wildman–Crippen MR) is 85.4 cm³/mol. The minimum absolute atomic E-state index is 0.0797. The summed E-state index contributed by atoms with van der Waals surface area (Å²) in [7, 11) is 0. The van der Waals surface area contributed by atoms with Crippen molar-refractivity contribution in [2.75, 3.05) is 30.0 Å². The summed E-state index contributed by atoms with van der Waals surface area (Å²) < 4.78 is 4.91. The van der Waals surface area contributed by atoms with E-state index in [0.29, 0.717) is 30.9 Å². The molecule has 0 unspecified atom stereocenters. The van der Waals surface area contributed by atoms with Crippen molar-refractivity contribution in [2.45, 2.75) is 12.5 Å². The quantitative estimate of drug-likeness (QED) is 0.737. The number of ether oxygens (including phenoxy) is 1. The second kappa shape index (κ2) is 6.70. The van der Waals surface area contributed by atoms with Crippen LogP contribution in [0.4, 0.5) is 21.0 Å². The van der Waals surface area contributed by atoms with E-state index in [1.807, 2.05) is 12.2 Å². The Morgan fingerprint density at radius 1 is 1.39 bits per heavy atom. The van der Waals surface area contributed by atoms with Crippen molar-refractivity contribution in [3.63, 3.8) is 0 Å². The molecule has 7 heteroatoms. The molecule has 3 N–H and O–H groups in total. The monoisotopic (exact) mass is 317 g/mol. The highest BCUT2D eigenvalue weighted by Crippen LogP contribution is 2.22. The number of aliphatic hydroxyl groups excluding tert-OH is 1. The van der Waals surface area contributed by atoms with Gasteiger partial charge < -0.3 is 20.5 Å². The van der Waals surface area contributed by atoms with Crippen molar-refractivity contribution < 1.29 is 19.4 Å². The van der Waals surface area contributed by atoms with E-state index in [9.17, 15) is 9.59 Å². The van der Waals surface area contributed by atoms with E-state index in [4.69, 9.17) is 9.84 Å². The number of nitrogens with one attached hydrogen (secondary N) is 2.